The summed E-state index contributed by atoms with van der Waals surface area (Å²) >= 11 is 3.39. The van der Waals surface area contributed by atoms with E-state index in [1.807, 2.05) is 26.0 Å². The predicted octanol–water partition coefficient (Wildman–Crippen LogP) is 2.75. The van der Waals surface area contributed by atoms with Crippen LogP contribution in [0.25, 0.3) is 11.5 Å². The van der Waals surface area contributed by atoms with Gasteiger partial charge in [0.15, 0.2) is 5.82 Å². The van der Waals surface area contributed by atoms with Crippen LogP contribution in [0.1, 0.15) is 18.2 Å². The Morgan fingerprint density at radius 1 is 1.35 bits per heavy atom. The zero-order valence-corrected chi connectivity index (χ0v) is 11.3. The molecule has 0 fully saturated rings. The summed E-state index contributed by atoms with van der Waals surface area (Å²) in [6.45, 7) is 4.04. The van der Waals surface area contributed by atoms with Crippen LogP contribution in [0.5, 0.6) is 0 Å². The van der Waals surface area contributed by atoms with Crippen molar-refractivity contribution in [3.8, 4) is 11.5 Å². The summed E-state index contributed by atoms with van der Waals surface area (Å²) in [5.41, 5.74) is 8.62. The maximum atomic E-state index is 5.85. The highest BCUT2D eigenvalue weighted by Crippen LogP contribution is 2.24. The summed E-state index contributed by atoms with van der Waals surface area (Å²) in [4.78, 5) is 13.0. The van der Waals surface area contributed by atoms with Crippen LogP contribution >= 0.6 is 15.9 Å². The molecule has 0 saturated heterocycles. The number of rotatable bonds is 2. The quantitative estimate of drug-likeness (QED) is 0.924. The average molecular weight is 293 g/mol. The summed E-state index contributed by atoms with van der Waals surface area (Å²) in [5.74, 6) is 1.03. The largest absolute Gasteiger partial charge is 0.383 e. The lowest BCUT2D eigenvalue weighted by atomic mass is 10.2. The molecule has 0 aliphatic rings. The molecule has 0 amide bonds. The first-order chi connectivity index (χ1) is 8.11. The first kappa shape index (κ1) is 12.0. The van der Waals surface area contributed by atoms with E-state index in [1.165, 1.54) is 0 Å². The van der Waals surface area contributed by atoms with E-state index in [4.69, 9.17) is 5.73 Å². The molecule has 17 heavy (non-hydrogen) atoms. The number of hydrogen-bond acceptors (Lipinski definition) is 4. The Hall–Kier alpha value is -1.49. The highest BCUT2D eigenvalue weighted by molar-refractivity contribution is 9.10. The average Bonchev–Trinajstić information content (AvgIpc) is 2.32. The Labute approximate surface area is 108 Å². The van der Waals surface area contributed by atoms with Crippen molar-refractivity contribution in [1.82, 2.24) is 15.0 Å². The number of nitrogen functional groups attached to an aromatic ring is 1. The van der Waals surface area contributed by atoms with Crippen LogP contribution in [-0.2, 0) is 6.42 Å². The predicted molar refractivity (Wildman–Crippen MR) is 71.5 cm³/mol. The van der Waals surface area contributed by atoms with Crippen LogP contribution < -0.4 is 5.73 Å². The molecule has 0 spiro atoms. The molecule has 0 aromatic carbocycles. The normalized spacial score (nSPS) is 10.5. The molecule has 0 atom stereocenters. The fourth-order valence-electron chi connectivity index (χ4n) is 1.52. The van der Waals surface area contributed by atoms with E-state index in [9.17, 15) is 0 Å². The van der Waals surface area contributed by atoms with Gasteiger partial charge in [-0.2, -0.15) is 0 Å². The van der Waals surface area contributed by atoms with Gasteiger partial charge in [0.05, 0.1) is 10.2 Å². The Balaban J connectivity index is 2.56. The van der Waals surface area contributed by atoms with Gasteiger partial charge < -0.3 is 5.73 Å². The van der Waals surface area contributed by atoms with Gasteiger partial charge in [-0.25, -0.2) is 9.97 Å². The molecule has 2 aromatic heterocycles. The SMILES string of the molecule is CCc1nc(-c2cc(C)ccn2)nc(N)c1Br. The Bertz CT molecular complexity index is 554. The number of pyridine rings is 1. The van der Waals surface area contributed by atoms with Crippen molar-refractivity contribution in [2.45, 2.75) is 20.3 Å². The van der Waals surface area contributed by atoms with Crippen molar-refractivity contribution in [2.24, 2.45) is 0 Å². The van der Waals surface area contributed by atoms with Gasteiger partial charge in [0.2, 0.25) is 0 Å². The fourth-order valence-corrected chi connectivity index (χ4v) is 1.98. The van der Waals surface area contributed by atoms with E-state index in [1.54, 1.807) is 6.20 Å². The number of aromatic nitrogens is 3. The molecule has 2 heterocycles. The second kappa shape index (κ2) is 4.79. The number of anilines is 1. The van der Waals surface area contributed by atoms with E-state index < -0.39 is 0 Å². The maximum Gasteiger partial charge on any atom is 0.180 e. The molecule has 0 radical (unpaired) electrons. The molecule has 2 aromatic rings. The molecule has 0 saturated carbocycles. The van der Waals surface area contributed by atoms with E-state index in [0.717, 1.165) is 27.8 Å². The zero-order chi connectivity index (χ0) is 12.4. The highest BCUT2D eigenvalue weighted by atomic mass is 79.9. The van der Waals surface area contributed by atoms with Crippen molar-refractivity contribution in [3.05, 3.63) is 34.1 Å². The van der Waals surface area contributed by atoms with Crippen molar-refractivity contribution in [3.63, 3.8) is 0 Å². The lowest BCUT2D eigenvalue weighted by Gasteiger charge is -2.07. The molecule has 4 nitrogen and oxygen atoms in total. The summed E-state index contributed by atoms with van der Waals surface area (Å²) < 4.78 is 0.774. The van der Waals surface area contributed by atoms with Gasteiger partial charge in [-0.3, -0.25) is 4.98 Å². The summed E-state index contributed by atoms with van der Waals surface area (Å²) in [7, 11) is 0. The van der Waals surface area contributed by atoms with Gasteiger partial charge >= 0.3 is 0 Å². The number of aryl methyl sites for hydroxylation is 2. The van der Waals surface area contributed by atoms with E-state index >= 15 is 0 Å². The van der Waals surface area contributed by atoms with E-state index in [2.05, 4.69) is 30.9 Å². The monoisotopic (exact) mass is 292 g/mol. The summed E-state index contributed by atoms with van der Waals surface area (Å²) in [6.07, 6.45) is 2.55. The first-order valence-electron chi connectivity index (χ1n) is 5.36. The highest BCUT2D eigenvalue weighted by Gasteiger charge is 2.10. The van der Waals surface area contributed by atoms with Crippen molar-refractivity contribution in [1.29, 1.82) is 0 Å². The topological polar surface area (TPSA) is 64.7 Å². The van der Waals surface area contributed by atoms with Gasteiger partial charge in [0.25, 0.3) is 0 Å². The Morgan fingerprint density at radius 2 is 2.12 bits per heavy atom. The molecule has 88 valence electrons. The molecule has 2 N–H and O–H groups in total. The third kappa shape index (κ3) is 2.44. The summed E-state index contributed by atoms with van der Waals surface area (Å²) in [5, 5.41) is 0. The second-order valence-electron chi connectivity index (χ2n) is 3.77. The van der Waals surface area contributed by atoms with Crippen molar-refractivity contribution >= 4 is 21.7 Å². The van der Waals surface area contributed by atoms with Crippen molar-refractivity contribution < 1.29 is 0 Å². The lowest BCUT2D eigenvalue weighted by molar-refractivity contribution is 0.988. The molecule has 0 unspecified atom stereocenters. The number of halogens is 1. The molecular formula is C12H13BrN4. The first-order valence-corrected chi connectivity index (χ1v) is 6.16. The van der Waals surface area contributed by atoms with E-state index in [0.29, 0.717) is 11.6 Å². The molecule has 2 rings (SSSR count). The third-order valence-electron chi connectivity index (χ3n) is 2.42. The van der Waals surface area contributed by atoms with Crippen LogP contribution in [0.4, 0.5) is 5.82 Å². The molecule has 0 aliphatic carbocycles. The standard InChI is InChI=1S/C12H13BrN4/c1-3-8-10(13)11(14)17-12(16-8)9-6-7(2)4-5-15-9/h4-6H,3H2,1-2H3,(H2,14,16,17). The van der Waals surface area contributed by atoms with Gasteiger partial charge in [-0.1, -0.05) is 6.92 Å². The Kier molecular flexibility index (Phi) is 3.38. The molecule has 0 aliphatic heterocycles. The minimum absolute atomic E-state index is 0.454. The van der Waals surface area contributed by atoms with Crippen LogP contribution in [0.2, 0.25) is 0 Å². The van der Waals surface area contributed by atoms with Crippen LogP contribution in [0, 0.1) is 6.92 Å². The van der Waals surface area contributed by atoms with Crippen LogP contribution in [0.15, 0.2) is 22.8 Å². The van der Waals surface area contributed by atoms with E-state index in [-0.39, 0.29) is 0 Å². The minimum Gasteiger partial charge on any atom is -0.383 e. The molecular weight excluding hydrogens is 280 g/mol. The van der Waals surface area contributed by atoms with Crippen LogP contribution in [0.3, 0.4) is 0 Å². The third-order valence-corrected chi connectivity index (χ3v) is 3.29. The number of hydrogen-bond donors (Lipinski definition) is 1. The van der Waals surface area contributed by atoms with Gasteiger partial charge in [-0.15, -0.1) is 0 Å². The fraction of sp³-hybridized carbons (Fsp3) is 0.250. The van der Waals surface area contributed by atoms with Crippen molar-refractivity contribution in [2.75, 3.05) is 5.73 Å². The van der Waals surface area contributed by atoms with Gasteiger partial charge in [-0.05, 0) is 47.0 Å². The number of nitrogens with two attached hydrogens (primary N) is 1. The Morgan fingerprint density at radius 3 is 2.76 bits per heavy atom. The van der Waals surface area contributed by atoms with Crippen LogP contribution in [-0.4, -0.2) is 15.0 Å². The second-order valence-corrected chi connectivity index (χ2v) is 4.56. The van der Waals surface area contributed by atoms with Gasteiger partial charge in [0.1, 0.15) is 11.5 Å². The lowest BCUT2D eigenvalue weighted by Crippen LogP contribution is -2.03. The summed E-state index contributed by atoms with van der Waals surface area (Å²) in [6, 6.07) is 3.88. The smallest absolute Gasteiger partial charge is 0.180 e. The number of nitrogens with zero attached hydrogens (tertiary/aromatic N) is 3. The molecule has 5 heteroatoms. The molecule has 0 bridgehead atoms. The minimum atomic E-state index is 0.454. The zero-order valence-electron chi connectivity index (χ0n) is 9.74. The van der Waals surface area contributed by atoms with Gasteiger partial charge in [0, 0.05) is 6.20 Å². The maximum absolute atomic E-state index is 5.85.